The summed E-state index contributed by atoms with van der Waals surface area (Å²) in [5, 5.41) is 10.5. The van der Waals surface area contributed by atoms with E-state index in [2.05, 4.69) is 25.5 Å². The molecule has 3 aromatic rings. The molecule has 29 heavy (non-hydrogen) atoms. The van der Waals surface area contributed by atoms with Crippen LogP contribution < -0.4 is 15.4 Å². The highest BCUT2D eigenvalue weighted by Crippen LogP contribution is 2.28. The second kappa shape index (κ2) is 7.61. The van der Waals surface area contributed by atoms with Gasteiger partial charge in [0.1, 0.15) is 11.6 Å². The predicted molar refractivity (Wildman–Crippen MR) is 99.3 cm³/mol. The number of benzene rings is 1. The second-order valence-corrected chi connectivity index (χ2v) is 6.80. The lowest BCUT2D eigenvalue weighted by Crippen LogP contribution is -2.36. The number of hydrogen-bond acceptors (Lipinski definition) is 5. The molecule has 1 aromatic carbocycles. The maximum atomic E-state index is 12.5. The number of imidazole rings is 1. The summed E-state index contributed by atoms with van der Waals surface area (Å²) in [4.78, 5) is 15.8. The lowest BCUT2D eigenvalue weighted by atomic mass is 9.98. The number of amides is 1. The summed E-state index contributed by atoms with van der Waals surface area (Å²) < 4.78 is 43.0. The van der Waals surface area contributed by atoms with Gasteiger partial charge in [0.15, 0.2) is 5.65 Å². The van der Waals surface area contributed by atoms with Crippen molar-refractivity contribution in [3.8, 4) is 17.0 Å². The maximum Gasteiger partial charge on any atom is 0.573 e. The molecule has 0 saturated carbocycles. The molecule has 1 atom stereocenters. The van der Waals surface area contributed by atoms with Crippen LogP contribution >= 0.6 is 0 Å². The van der Waals surface area contributed by atoms with Crippen LogP contribution in [-0.4, -0.2) is 40.0 Å². The summed E-state index contributed by atoms with van der Waals surface area (Å²) >= 11 is 0. The first kappa shape index (κ1) is 19.0. The monoisotopic (exact) mass is 405 g/mol. The van der Waals surface area contributed by atoms with Crippen molar-refractivity contribution in [1.29, 1.82) is 0 Å². The fraction of sp³-hybridized carbons (Fsp3) is 0.316. The first-order valence-electron chi connectivity index (χ1n) is 9.09. The molecule has 1 aliphatic heterocycles. The van der Waals surface area contributed by atoms with Crippen LogP contribution in [-0.2, 0) is 4.79 Å². The molecule has 1 unspecified atom stereocenters. The molecule has 0 aliphatic carbocycles. The van der Waals surface area contributed by atoms with E-state index in [9.17, 15) is 18.0 Å². The van der Waals surface area contributed by atoms with Crippen LogP contribution in [0.15, 0.2) is 42.6 Å². The van der Waals surface area contributed by atoms with Crippen LogP contribution in [0.3, 0.4) is 0 Å². The number of anilines is 1. The van der Waals surface area contributed by atoms with Crippen molar-refractivity contribution >= 4 is 17.4 Å². The Morgan fingerprint density at radius 3 is 2.93 bits per heavy atom. The van der Waals surface area contributed by atoms with Gasteiger partial charge in [0.25, 0.3) is 0 Å². The Balaban J connectivity index is 1.56. The number of piperidine rings is 1. The van der Waals surface area contributed by atoms with Crippen LogP contribution in [0.4, 0.5) is 19.0 Å². The third-order valence-corrected chi connectivity index (χ3v) is 4.65. The standard InChI is InChI=1S/C19H18F3N5O2/c20-19(21,22)29-14-3-1-2-13(9-14)15-11-25-17-5-4-16(26-27(15)17)24-10-12-6-7-23-18(28)8-12/h1-5,9,11-12H,6-8,10H2,(H,23,28)(H,24,26). The van der Waals surface area contributed by atoms with Gasteiger partial charge in [-0.2, -0.15) is 0 Å². The van der Waals surface area contributed by atoms with Gasteiger partial charge in [-0.05, 0) is 36.6 Å². The average Bonchev–Trinajstić information content (AvgIpc) is 3.08. The van der Waals surface area contributed by atoms with Crippen molar-refractivity contribution in [3.05, 3.63) is 42.6 Å². The van der Waals surface area contributed by atoms with Gasteiger partial charge in [0.2, 0.25) is 5.91 Å². The first-order chi connectivity index (χ1) is 13.9. The molecule has 0 bridgehead atoms. The molecular formula is C19H18F3N5O2. The van der Waals surface area contributed by atoms with Gasteiger partial charge < -0.3 is 15.4 Å². The van der Waals surface area contributed by atoms with E-state index in [1.54, 1.807) is 28.9 Å². The smallest absolute Gasteiger partial charge is 0.406 e. The van der Waals surface area contributed by atoms with E-state index in [-0.39, 0.29) is 17.6 Å². The normalized spacial score (nSPS) is 17.2. The van der Waals surface area contributed by atoms with Crippen LogP contribution in [0, 0.1) is 5.92 Å². The largest absolute Gasteiger partial charge is 0.573 e. The van der Waals surface area contributed by atoms with Crippen molar-refractivity contribution in [2.24, 2.45) is 5.92 Å². The Hall–Kier alpha value is -3.30. The highest BCUT2D eigenvalue weighted by Gasteiger charge is 2.31. The van der Waals surface area contributed by atoms with Crippen molar-refractivity contribution < 1.29 is 22.7 Å². The molecule has 0 radical (unpaired) electrons. The Kier molecular flexibility index (Phi) is 4.99. The molecule has 2 aromatic heterocycles. The number of carbonyl (C=O) groups excluding carboxylic acids is 1. The van der Waals surface area contributed by atoms with Gasteiger partial charge in [-0.1, -0.05) is 12.1 Å². The summed E-state index contributed by atoms with van der Waals surface area (Å²) in [5.41, 5.74) is 1.59. The molecule has 152 valence electrons. The summed E-state index contributed by atoms with van der Waals surface area (Å²) in [6.45, 7) is 1.27. The topological polar surface area (TPSA) is 80.5 Å². The summed E-state index contributed by atoms with van der Waals surface area (Å²) in [6.07, 6.45) is -1.85. The number of rotatable bonds is 5. The average molecular weight is 405 g/mol. The number of alkyl halides is 3. The molecule has 1 saturated heterocycles. The molecule has 7 nitrogen and oxygen atoms in total. The van der Waals surface area contributed by atoms with E-state index in [0.29, 0.717) is 42.2 Å². The molecule has 0 spiro atoms. The van der Waals surface area contributed by atoms with Gasteiger partial charge in [-0.15, -0.1) is 18.3 Å². The summed E-state index contributed by atoms with van der Waals surface area (Å²) in [7, 11) is 0. The summed E-state index contributed by atoms with van der Waals surface area (Å²) in [5.74, 6) is 0.546. The minimum Gasteiger partial charge on any atom is -0.406 e. The number of aromatic nitrogens is 3. The summed E-state index contributed by atoms with van der Waals surface area (Å²) in [6, 6.07) is 9.21. The second-order valence-electron chi connectivity index (χ2n) is 6.80. The van der Waals surface area contributed by atoms with E-state index < -0.39 is 6.36 Å². The molecular weight excluding hydrogens is 387 g/mol. The first-order valence-corrected chi connectivity index (χ1v) is 9.09. The molecule has 1 fully saturated rings. The van der Waals surface area contributed by atoms with Crippen molar-refractivity contribution in [2.45, 2.75) is 19.2 Å². The van der Waals surface area contributed by atoms with E-state index in [4.69, 9.17) is 0 Å². The van der Waals surface area contributed by atoms with E-state index in [0.717, 1.165) is 6.42 Å². The zero-order valence-corrected chi connectivity index (χ0v) is 15.2. The highest BCUT2D eigenvalue weighted by molar-refractivity contribution is 5.76. The molecule has 4 rings (SSSR count). The van der Waals surface area contributed by atoms with Gasteiger partial charge in [0.05, 0.1) is 11.9 Å². The molecule has 1 amide bonds. The molecule has 3 heterocycles. The Morgan fingerprint density at radius 2 is 2.14 bits per heavy atom. The van der Waals surface area contributed by atoms with Crippen molar-refractivity contribution in [2.75, 3.05) is 18.4 Å². The van der Waals surface area contributed by atoms with E-state index in [1.807, 2.05) is 0 Å². The minimum absolute atomic E-state index is 0.0457. The zero-order chi connectivity index (χ0) is 20.4. The third-order valence-electron chi connectivity index (χ3n) is 4.65. The Morgan fingerprint density at radius 1 is 1.28 bits per heavy atom. The van der Waals surface area contributed by atoms with Crippen molar-refractivity contribution in [1.82, 2.24) is 19.9 Å². The number of hydrogen-bond donors (Lipinski definition) is 2. The van der Waals surface area contributed by atoms with Gasteiger partial charge in [-0.3, -0.25) is 4.79 Å². The zero-order valence-electron chi connectivity index (χ0n) is 15.2. The Labute approximate surface area is 163 Å². The number of ether oxygens (including phenoxy) is 1. The number of nitrogens with zero attached hydrogens (tertiary/aromatic N) is 3. The van der Waals surface area contributed by atoms with E-state index in [1.165, 1.54) is 18.2 Å². The minimum atomic E-state index is -4.76. The number of halogens is 3. The van der Waals surface area contributed by atoms with Gasteiger partial charge >= 0.3 is 6.36 Å². The lowest BCUT2D eigenvalue weighted by molar-refractivity contribution is -0.274. The van der Waals surface area contributed by atoms with Crippen LogP contribution in [0.2, 0.25) is 0 Å². The maximum absolute atomic E-state index is 12.5. The lowest BCUT2D eigenvalue weighted by Gasteiger charge is -2.22. The van der Waals surface area contributed by atoms with Crippen molar-refractivity contribution in [3.63, 3.8) is 0 Å². The van der Waals surface area contributed by atoms with Gasteiger partial charge in [-0.25, -0.2) is 9.50 Å². The highest BCUT2D eigenvalue weighted by atomic mass is 19.4. The fourth-order valence-electron chi connectivity index (χ4n) is 3.29. The molecule has 1 aliphatic rings. The van der Waals surface area contributed by atoms with Crippen LogP contribution in [0.1, 0.15) is 12.8 Å². The quantitative estimate of drug-likeness (QED) is 0.681. The molecule has 10 heteroatoms. The van der Waals surface area contributed by atoms with Crippen LogP contribution in [0.5, 0.6) is 5.75 Å². The van der Waals surface area contributed by atoms with Crippen LogP contribution in [0.25, 0.3) is 16.9 Å². The fourth-order valence-corrected chi connectivity index (χ4v) is 3.29. The third kappa shape index (κ3) is 4.58. The number of fused-ring (bicyclic) bond motifs is 1. The van der Waals surface area contributed by atoms with E-state index >= 15 is 0 Å². The van der Waals surface area contributed by atoms with Gasteiger partial charge in [0, 0.05) is 25.1 Å². The number of carbonyl (C=O) groups is 1. The molecule has 2 N–H and O–H groups in total. The SMILES string of the molecule is O=C1CC(CNc2ccc3ncc(-c4cccc(OC(F)(F)F)c4)n3n2)CCN1. The Bertz CT molecular complexity index is 1030. The predicted octanol–water partition coefficient (Wildman–Crippen LogP) is 3.23. The number of nitrogens with one attached hydrogen (secondary N) is 2.